The summed E-state index contributed by atoms with van der Waals surface area (Å²) in [4.78, 5) is 0. The second-order valence-corrected chi connectivity index (χ2v) is 14.6. The van der Waals surface area contributed by atoms with E-state index < -0.39 is 0 Å². The molecule has 10 atom stereocenters. The first-order chi connectivity index (χ1) is 16.0. The number of hydrogen-bond acceptors (Lipinski definition) is 2. The summed E-state index contributed by atoms with van der Waals surface area (Å²) in [5.74, 6) is 3.18. The predicted octanol–water partition coefficient (Wildman–Crippen LogP) is 7.56. The molecule has 0 aromatic rings. The molecule has 0 amide bonds. The van der Waals surface area contributed by atoms with Gasteiger partial charge >= 0.3 is 0 Å². The molecule has 2 heteroatoms. The first kappa shape index (κ1) is 25.1. The molecule has 0 heterocycles. The molecule has 192 valence electrons. The van der Waals surface area contributed by atoms with Crippen LogP contribution in [0.3, 0.4) is 0 Å². The van der Waals surface area contributed by atoms with Crippen molar-refractivity contribution in [2.24, 2.45) is 56.7 Å². The number of rotatable bonds is 4. The van der Waals surface area contributed by atoms with Gasteiger partial charge in [0.2, 0.25) is 0 Å². The lowest BCUT2D eigenvalue weighted by Gasteiger charge is -2.72. The largest absolute Gasteiger partial charge is 0.396 e. The van der Waals surface area contributed by atoms with E-state index in [9.17, 15) is 10.2 Å². The Morgan fingerprint density at radius 1 is 0.853 bits per heavy atom. The first-order valence-corrected chi connectivity index (χ1v) is 14.5. The van der Waals surface area contributed by atoms with E-state index in [0.29, 0.717) is 41.1 Å². The van der Waals surface area contributed by atoms with Gasteiger partial charge in [-0.2, -0.15) is 0 Å². The highest BCUT2D eigenvalue weighted by atomic mass is 16.3. The summed E-state index contributed by atoms with van der Waals surface area (Å²) in [5, 5.41) is 21.3. The average molecular weight is 469 g/mol. The predicted molar refractivity (Wildman–Crippen MR) is 141 cm³/mol. The van der Waals surface area contributed by atoms with Crippen LogP contribution >= 0.6 is 0 Å². The number of fused-ring (bicyclic) bond motifs is 7. The van der Waals surface area contributed by atoms with Gasteiger partial charge in [0.15, 0.2) is 0 Å². The van der Waals surface area contributed by atoms with Crippen molar-refractivity contribution in [3.8, 4) is 0 Å². The van der Waals surface area contributed by atoms with Crippen molar-refractivity contribution in [1.82, 2.24) is 0 Å². The maximum Gasteiger partial charge on any atom is 0.0524 e. The smallest absolute Gasteiger partial charge is 0.0524 e. The molecule has 5 aliphatic rings. The molecule has 0 radical (unpaired) electrons. The second-order valence-electron chi connectivity index (χ2n) is 14.6. The van der Waals surface area contributed by atoms with Gasteiger partial charge in [0, 0.05) is 12.0 Å². The van der Waals surface area contributed by atoms with Crippen molar-refractivity contribution in [2.45, 2.75) is 105 Å². The molecule has 5 saturated carbocycles. The van der Waals surface area contributed by atoms with Gasteiger partial charge in [-0.1, -0.05) is 58.9 Å². The Kier molecular flexibility index (Phi) is 5.86. The van der Waals surface area contributed by atoms with Crippen molar-refractivity contribution in [3.63, 3.8) is 0 Å². The summed E-state index contributed by atoms with van der Waals surface area (Å²) in [6, 6.07) is 0. The Morgan fingerprint density at radius 2 is 1.59 bits per heavy atom. The summed E-state index contributed by atoms with van der Waals surface area (Å²) in [6.45, 7) is 22.2. The molecule has 34 heavy (non-hydrogen) atoms. The molecule has 0 aromatic carbocycles. The lowest BCUT2D eigenvalue weighted by atomic mass is 9.32. The molecule has 2 nitrogen and oxygen atoms in total. The molecule has 2 N–H and O–H groups in total. The number of aliphatic hydroxyl groups excluding tert-OH is 2. The Hall–Kier alpha value is -0.600. The zero-order valence-corrected chi connectivity index (χ0v) is 22.9. The molecule has 0 aromatic heterocycles. The van der Waals surface area contributed by atoms with Gasteiger partial charge in [0.05, 0.1) is 6.61 Å². The van der Waals surface area contributed by atoms with Crippen molar-refractivity contribution in [1.29, 1.82) is 0 Å². The van der Waals surface area contributed by atoms with Gasteiger partial charge in [0.25, 0.3) is 0 Å². The number of allylic oxidation sites excluding steroid dienone is 1. The van der Waals surface area contributed by atoms with Crippen LogP contribution in [0.5, 0.6) is 0 Å². The third-order valence-electron chi connectivity index (χ3n) is 14.0. The normalized spacial score (nSPS) is 54.6. The van der Waals surface area contributed by atoms with E-state index in [1.807, 2.05) is 0 Å². The summed E-state index contributed by atoms with van der Waals surface area (Å²) in [7, 11) is 0. The molecule has 5 fully saturated rings. The van der Waals surface area contributed by atoms with Crippen LogP contribution in [0.2, 0.25) is 0 Å². The fourth-order valence-electron chi connectivity index (χ4n) is 11.7. The van der Waals surface area contributed by atoms with E-state index in [1.54, 1.807) is 0 Å². The van der Waals surface area contributed by atoms with Gasteiger partial charge < -0.3 is 10.2 Å². The van der Waals surface area contributed by atoms with Crippen LogP contribution in [0.1, 0.15) is 105 Å². The Labute approximate surface area is 209 Å². The molecule has 0 saturated heterocycles. The van der Waals surface area contributed by atoms with Crippen molar-refractivity contribution in [3.05, 3.63) is 24.3 Å². The maximum absolute atomic E-state index is 10.7. The van der Waals surface area contributed by atoms with E-state index in [2.05, 4.69) is 47.8 Å². The third kappa shape index (κ3) is 2.88. The quantitative estimate of drug-likeness (QED) is 0.418. The van der Waals surface area contributed by atoms with E-state index in [1.165, 1.54) is 68.9 Å². The molecule has 0 bridgehead atoms. The Morgan fingerprint density at radius 3 is 2.24 bits per heavy atom. The van der Waals surface area contributed by atoms with Crippen LogP contribution in [0.15, 0.2) is 24.3 Å². The minimum Gasteiger partial charge on any atom is -0.396 e. The van der Waals surface area contributed by atoms with Crippen molar-refractivity contribution < 1.29 is 10.2 Å². The Balaban J connectivity index is 1.55. The van der Waals surface area contributed by atoms with Crippen LogP contribution < -0.4 is 0 Å². The number of hydrogen-bond donors (Lipinski definition) is 2. The summed E-state index contributed by atoms with van der Waals surface area (Å²) in [5.41, 5.74) is 3.69. The minimum atomic E-state index is -0.125. The molecule has 0 aliphatic heterocycles. The maximum atomic E-state index is 10.7. The van der Waals surface area contributed by atoms with E-state index in [-0.39, 0.29) is 22.9 Å². The highest BCUT2D eigenvalue weighted by Gasteiger charge is 2.70. The molecule has 5 aliphatic carbocycles. The third-order valence-corrected chi connectivity index (χ3v) is 14.0. The minimum absolute atomic E-state index is 0.125. The standard InChI is InChI=1S/C32H52O2/c1-8-21(2)23-12-16-32(20-34)18-17-30(6)24(27(23)32)9-10-26-28(4)14-11-22(3)29(5,19-33)25(28)13-15-31(26,30)7/h23-27,33-34H,2-3,8-20H2,1,4-7H3. The zero-order valence-electron chi connectivity index (χ0n) is 22.9. The highest BCUT2D eigenvalue weighted by Crippen LogP contribution is 2.77. The van der Waals surface area contributed by atoms with Crippen LogP contribution in [-0.4, -0.2) is 23.4 Å². The fourth-order valence-corrected chi connectivity index (χ4v) is 11.7. The molecule has 5 rings (SSSR count). The summed E-state index contributed by atoms with van der Waals surface area (Å²) in [6.07, 6.45) is 13.4. The SMILES string of the molecule is C=C(CC)C1CCC2(CO)CCC3(C)C(CCC4C5(C)CCC(=C)C(C)(CO)C5CCC43C)C12. The van der Waals surface area contributed by atoms with Crippen LogP contribution in [-0.2, 0) is 0 Å². The average Bonchev–Trinajstić information content (AvgIpc) is 3.22. The molecular weight excluding hydrogens is 416 g/mol. The van der Waals surface area contributed by atoms with Gasteiger partial charge in [-0.25, -0.2) is 0 Å². The fraction of sp³-hybridized carbons (Fsp3) is 0.875. The summed E-state index contributed by atoms with van der Waals surface area (Å²) < 4.78 is 0. The highest BCUT2D eigenvalue weighted by molar-refractivity contribution is 5.25. The molecule has 10 unspecified atom stereocenters. The summed E-state index contributed by atoms with van der Waals surface area (Å²) >= 11 is 0. The second kappa shape index (κ2) is 7.95. The monoisotopic (exact) mass is 468 g/mol. The lowest BCUT2D eigenvalue weighted by molar-refractivity contribution is -0.236. The van der Waals surface area contributed by atoms with Gasteiger partial charge in [-0.15, -0.1) is 0 Å². The number of aliphatic hydroxyl groups is 2. The van der Waals surface area contributed by atoms with Crippen LogP contribution in [0.4, 0.5) is 0 Å². The van der Waals surface area contributed by atoms with Crippen molar-refractivity contribution >= 4 is 0 Å². The zero-order chi connectivity index (χ0) is 24.7. The van der Waals surface area contributed by atoms with Crippen LogP contribution in [0.25, 0.3) is 0 Å². The van der Waals surface area contributed by atoms with Gasteiger partial charge in [-0.05, 0) is 122 Å². The Bertz CT molecular complexity index is 861. The molecule has 0 spiro atoms. The van der Waals surface area contributed by atoms with Gasteiger partial charge in [0.1, 0.15) is 0 Å². The first-order valence-electron chi connectivity index (χ1n) is 14.5. The van der Waals surface area contributed by atoms with Crippen LogP contribution in [0, 0.1) is 56.7 Å². The van der Waals surface area contributed by atoms with E-state index in [0.717, 1.165) is 18.8 Å². The van der Waals surface area contributed by atoms with Gasteiger partial charge in [-0.3, -0.25) is 0 Å². The van der Waals surface area contributed by atoms with E-state index in [4.69, 9.17) is 0 Å². The van der Waals surface area contributed by atoms with Crippen molar-refractivity contribution in [2.75, 3.05) is 13.2 Å². The molecular formula is C32H52O2. The lowest BCUT2D eigenvalue weighted by Crippen LogP contribution is -2.66. The topological polar surface area (TPSA) is 40.5 Å². The van der Waals surface area contributed by atoms with E-state index >= 15 is 0 Å².